The molecule has 0 aromatic heterocycles. The molecular formula is C27H22N2O4. The Balaban J connectivity index is 1.40. The van der Waals surface area contributed by atoms with E-state index in [1.54, 1.807) is 24.3 Å². The minimum atomic E-state index is -0.774. The molecule has 33 heavy (non-hydrogen) atoms. The highest BCUT2D eigenvalue weighted by Gasteiger charge is 2.24. The Hall–Kier alpha value is -4.32. The zero-order valence-electron chi connectivity index (χ0n) is 17.8. The van der Waals surface area contributed by atoms with Crippen LogP contribution >= 0.6 is 0 Å². The minimum absolute atomic E-state index is 0.157. The van der Waals surface area contributed by atoms with Crippen molar-refractivity contribution >= 4 is 28.3 Å². The number of fused-ring (bicyclic) bond motifs is 2. The predicted molar refractivity (Wildman–Crippen MR) is 127 cm³/mol. The molecule has 2 amide bonds. The summed E-state index contributed by atoms with van der Waals surface area (Å²) in [5, 5.41) is 7.64. The first kappa shape index (κ1) is 20.6. The third-order valence-electron chi connectivity index (χ3n) is 5.58. The van der Waals surface area contributed by atoms with Crippen LogP contribution in [-0.4, -0.2) is 24.6 Å². The third-order valence-corrected chi connectivity index (χ3v) is 5.58. The molecule has 4 aromatic rings. The number of amides is 2. The molecule has 2 N–H and O–H groups in total. The van der Waals surface area contributed by atoms with Crippen molar-refractivity contribution in [3.63, 3.8) is 0 Å². The summed E-state index contributed by atoms with van der Waals surface area (Å²) in [4.78, 5) is 26.5. The molecule has 1 aliphatic rings. The molecule has 1 heterocycles. The van der Waals surface area contributed by atoms with Crippen molar-refractivity contribution in [2.75, 3.05) is 12.1 Å². The molecule has 0 aliphatic carbocycles. The second-order valence-electron chi connectivity index (χ2n) is 7.80. The maximum atomic E-state index is 13.2. The van der Waals surface area contributed by atoms with Gasteiger partial charge in [-0.25, -0.2) is 0 Å². The van der Waals surface area contributed by atoms with E-state index in [4.69, 9.17) is 9.47 Å². The van der Waals surface area contributed by atoms with Crippen molar-refractivity contribution in [3.8, 4) is 11.5 Å². The number of nitrogens with one attached hydrogen (secondary N) is 2. The molecular weight excluding hydrogens is 416 g/mol. The molecule has 0 bridgehead atoms. The lowest BCUT2D eigenvalue weighted by Gasteiger charge is -2.19. The van der Waals surface area contributed by atoms with Gasteiger partial charge in [0.15, 0.2) is 11.5 Å². The van der Waals surface area contributed by atoms with Crippen molar-refractivity contribution in [2.45, 2.75) is 12.5 Å². The van der Waals surface area contributed by atoms with E-state index in [-0.39, 0.29) is 18.6 Å². The molecule has 1 atom stereocenters. The number of rotatable bonds is 6. The van der Waals surface area contributed by atoms with Gasteiger partial charge in [-0.2, -0.15) is 0 Å². The monoisotopic (exact) mass is 438 g/mol. The van der Waals surface area contributed by atoms with E-state index in [1.807, 2.05) is 66.7 Å². The zero-order valence-corrected chi connectivity index (χ0v) is 17.8. The first-order chi connectivity index (χ1) is 16.2. The van der Waals surface area contributed by atoms with Crippen molar-refractivity contribution in [1.82, 2.24) is 5.32 Å². The van der Waals surface area contributed by atoms with Crippen LogP contribution in [0.4, 0.5) is 5.69 Å². The Kier molecular flexibility index (Phi) is 5.64. The summed E-state index contributed by atoms with van der Waals surface area (Å²) < 4.78 is 10.7. The van der Waals surface area contributed by atoms with Crippen LogP contribution in [0.3, 0.4) is 0 Å². The number of benzene rings is 4. The molecule has 1 aliphatic heterocycles. The van der Waals surface area contributed by atoms with Gasteiger partial charge in [0.1, 0.15) is 6.04 Å². The highest BCUT2D eigenvalue weighted by Crippen LogP contribution is 2.34. The van der Waals surface area contributed by atoms with Crippen LogP contribution in [0.25, 0.3) is 10.8 Å². The Morgan fingerprint density at radius 3 is 2.45 bits per heavy atom. The fourth-order valence-corrected chi connectivity index (χ4v) is 3.92. The van der Waals surface area contributed by atoms with E-state index >= 15 is 0 Å². The zero-order chi connectivity index (χ0) is 22.6. The maximum Gasteiger partial charge on any atom is 0.252 e. The van der Waals surface area contributed by atoms with E-state index in [0.29, 0.717) is 29.2 Å². The Morgan fingerprint density at radius 2 is 1.58 bits per heavy atom. The van der Waals surface area contributed by atoms with Crippen LogP contribution in [0, 0.1) is 0 Å². The fraction of sp³-hybridized carbons (Fsp3) is 0.111. The molecule has 164 valence electrons. The Morgan fingerprint density at radius 1 is 0.818 bits per heavy atom. The van der Waals surface area contributed by atoms with Crippen molar-refractivity contribution in [2.24, 2.45) is 0 Å². The Bertz CT molecular complexity index is 1320. The van der Waals surface area contributed by atoms with Crippen LogP contribution in [0.1, 0.15) is 15.9 Å². The number of anilines is 1. The molecule has 4 aromatic carbocycles. The lowest BCUT2D eigenvalue weighted by atomic mass is 10.0. The lowest BCUT2D eigenvalue weighted by Crippen LogP contribution is -2.45. The van der Waals surface area contributed by atoms with E-state index in [9.17, 15) is 9.59 Å². The molecule has 5 rings (SSSR count). The van der Waals surface area contributed by atoms with Crippen LogP contribution < -0.4 is 20.1 Å². The van der Waals surface area contributed by atoms with E-state index in [2.05, 4.69) is 10.6 Å². The molecule has 6 nitrogen and oxygen atoms in total. The fourth-order valence-electron chi connectivity index (χ4n) is 3.92. The topological polar surface area (TPSA) is 76.7 Å². The largest absolute Gasteiger partial charge is 0.454 e. The van der Waals surface area contributed by atoms with E-state index in [1.165, 1.54) is 0 Å². The van der Waals surface area contributed by atoms with Gasteiger partial charge in [0.2, 0.25) is 12.7 Å². The van der Waals surface area contributed by atoms with Crippen LogP contribution in [0.2, 0.25) is 0 Å². The minimum Gasteiger partial charge on any atom is -0.454 e. The SMILES string of the molecule is O=C(N[C@@H](Cc1ccccc1)C(=O)Nc1ccc2c(c1)OCO2)c1cccc2ccccc12. The highest BCUT2D eigenvalue weighted by molar-refractivity contribution is 6.09. The second-order valence-corrected chi connectivity index (χ2v) is 7.80. The highest BCUT2D eigenvalue weighted by atomic mass is 16.7. The van der Waals surface area contributed by atoms with Gasteiger partial charge in [0.05, 0.1) is 0 Å². The van der Waals surface area contributed by atoms with Gasteiger partial charge in [0.25, 0.3) is 5.91 Å². The molecule has 0 fully saturated rings. The first-order valence-corrected chi connectivity index (χ1v) is 10.7. The average molecular weight is 438 g/mol. The van der Waals surface area contributed by atoms with Crippen molar-refractivity contribution in [3.05, 3.63) is 102 Å². The smallest absolute Gasteiger partial charge is 0.252 e. The summed E-state index contributed by atoms with van der Waals surface area (Å²) in [7, 11) is 0. The van der Waals surface area contributed by atoms with Gasteiger partial charge in [-0.15, -0.1) is 0 Å². The quantitative estimate of drug-likeness (QED) is 0.463. The normalized spacial score (nSPS) is 12.8. The Labute approximate surface area is 191 Å². The van der Waals surface area contributed by atoms with E-state index in [0.717, 1.165) is 16.3 Å². The van der Waals surface area contributed by atoms with Gasteiger partial charge in [0, 0.05) is 23.7 Å². The molecule has 0 saturated carbocycles. The predicted octanol–water partition coefficient (Wildman–Crippen LogP) is 4.55. The van der Waals surface area contributed by atoms with Gasteiger partial charge >= 0.3 is 0 Å². The standard InChI is InChI=1S/C27H22N2O4/c30-26(22-12-6-10-19-9-4-5-11-21(19)22)29-23(15-18-7-2-1-3-8-18)27(31)28-20-13-14-24-25(16-20)33-17-32-24/h1-14,16,23H,15,17H2,(H,28,31)(H,29,30)/t23-/m0/s1. The van der Waals surface area contributed by atoms with Crippen LogP contribution in [0.15, 0.2) is 91.0 Å². The summed E-state index contributed by atoms with van der Waals surface area (Å²) in [5.74, 6) is 0.602. The van der Waals surface area contributed by atoms with Crippen LogP contribution in [-0.2, 0) is 11.2 Å². The van der Waals surface area contributed by atoms with Gasteiger partial charge in [-0.3, -0.25) is 9.59 Å². The summed E-state index contributed by atoms with van der Waals surface area (Å²) in [6, 6.07) is 27.3. The number of carbonyl (C=O) groups excluding carboxylic acids is 2. The van der Waals surface area contributed by atoms with Gasteiger partial charge < -0.3 is 20.1 Å². The van der Waals surface area contributed by atoms with Crippen LogP contribution in [0.5, 0.6) is 11.5 Å². The molecule has 0 spiro atoms. The number of ether oxygens (including phenoxy) is 2. The third kappa shape index (κ3) is 4.50. The average Bonchev–Trinajstić information content (AvgIpc) is 3.32. The lowest BCUT2D eigenvalue weighted by molar-refractivity contribution is -0.118. The van der Waals surface area contributed by atoms with Crippen molar-refractivity contribution in [1.29, 1.82) is 0 Å². The molecule has 0 saturated heterocycles. The molecule has 0 radical (unpaired) electrons. The second kappa shape index (κ2) is 9.04. The summed E-state index contributed by atoms with van der Waals surface area (Å²) in [5.41, 5.74) is 2.05. The number of hydrogen-bond donors (Lipinski definition) is 2. The van der Waals surface area contributed by atoms with Crippen molar-refractivity contribution < 1.29 is 19.1 Å². The van der Waals surface area contributed by atoms with E-state index < -0.39 is 6.04 Å². The van der Waals surface area contributed by atoms with Gasteiger partial charge in [-0.1, -0.05) is 66.7 Å². The summed E-state index contributed by atoms with van der Waals surface area (Å²) in [6.45, 7) is 0.157. The molecule has 6 heteroatoms. The van der Waals surface area contributed by atoms with Gasteiger partial charge in [-0.05, 0) is 34.5 Å². The number of hydrogen-bond acceptors (Lipinski definition) is 4. The summed E-state index contributed by atoms with van der Waals surface area (Å²) in [6.07, 6.45) is 0.355. The summed E-state index contributed by atoms with van der Waals surface area (Å²) >= 11 is 0. The first-order valence-electron chi connectivity index (χ1n) is 10.7. The maximum absolute atomic E-state index is 13.2. The molecule has 0 unspecified atom stereocenters. The number of carbonyl (C=O) groups is 2.